The maximum atomic E-state index is 11.7. The molecule has 0 aliphatic rings. The van der Waals surface area contributed by atoms with E-state index in [2.05, 4.69) is 52.2 Å². The molecule has 7 aromatic rings. The quantitative estimate of drug-likeness (QED) is 0.00147. The highest BCUT2D eigenvalue weighted by atomic mass is 16.7. The van der Waals surface area contributed by atoms with Crippen molar-refractivity contribution in [1.29, 1.82) is 0 Å². The van der Waals surface area contributed by atoms with Crippen LogP contribution in [-0.4, -0.2) is 179 Å². The number of carboxylic acids is 1. The molecule has 0 bridgehead atoms. The van der Waals surface area contributed by atoms with E-state index in [0.29, 0.717) is 140 Å². The number of aromatic carboxylic acids is 1. The van der Waals surface area contributed by atoms with Crippen molar-refractivity contribution in [2.24, 2.45) is 28.3 Å². The Balaban J connectivity index is -0.00000139. The van der Waals surface area contributed by atoms with Crippen molar-refractivity contribution < 1.29 is 126 Å². The van der Waals surface area contributed by atoms with E-state index in [4.69, 9.17) is 42.7 Å². The number of aliphatic hydroxyl groups is 1. The Morgan fingerprint density at radius 2 is 0.831 bits per heavy atom. The number of carboxylic acid groups (broad SMARTS) is 1. The lowest BCUT2D eigenvalue weighted by atomic mass is 10.1. The van der Waals surface area contributed by atoms with Gasteiger partial charge in [-0.05, 0) is 185 Å². The summed E-state index contributed by atoms with van der Waals surface area (Å²) in [6.07, 6.45) is 20.0. The van der Waals surface area contributed by atoms with E-state index in [0.717, 1.165) is 130 Å². The lowest BCUT2D eigenvalue weighted by Crippen LogP contribution is -2.24. The fraction of sp³-hybridized carbons (Fsp3) is 0.427. The number of rotatable bonds is 37. The second-order valence-corrected chi connectivity index (χ2v) is 27.5. The summed E-state index contributed by atoms with van der Waals surface area (Å²) in [5.74, 6) is 4.00. The summed E-state index contributed by atoms with van der Waals surface area (Å²) in [4.78, 5) is 219. The predicted octanol–water partition coefficient (Wildman–Crippen LogP) is 12.6. The van der Waals surface area contributed by atoms with Crippen LogP contribution in [0.3, 0.4) is 0 Å². The number of nitro benzene ring substituents is 1. The summed E-state index contributed by atoms with van der Waals surface area (Å²) >= 11 is 0. The summed E-state index contributed by atoms with van der Waals surface area (Å²) in [5.41, 5.74) is 27.3. The first-order valence-corrected chi connectivity index (χ1v) is 41.2. The fourth-order valence-corrected chi connectivity index (χ4v) is 11.8. The molecule has 1 aromatic carbocycles. The van der Waals surface area contributed by atoms with Crippen molar-refractivity contribution in [3.63, 3.8) is 0 Å². The van der Waals surface area contributed by atoms with Crippen molar-refractivity contribution >= 4 is 109 Å². The zero-order valence-electron chi connectivity index (χ0n) is 77.2. The van der Waals surface area contributed by atoms with Crippen LogP contribution in [-0.2, 0) is 81.5 Å². The van der Waals surface area contributed by atoms with Crippen molar-refractivity contribution in [3.8, 4) is 0 Å². The number of carbonyl (C=O) groups is 17. The molecule has 0 aliphatic carbocycles. The zero-order chi connectivity index (χ0) is 100. The van der Waals surface area contributed by atoms with Gasteiger partial charge >= 0.3 is 35.8 Å². The number of H-pyrrole nitrogens is 4. The molecule has 17 N–H and O–H groups in total. The molecule has 0 unspecified atom stereocenters. The average Bonchev–Trinajstić information content (AvgIpc) is 1.64. The SMILES string of the molecule is CCC/C=C/C=O.CCCc1[nH]c(C(=O)O)c(C)c1C=O.CCCc1[nH]c(C(=O)OCC)c(C)c1C=O.CCCc1[nH]c(C(N)=O)c(C)c1C=O.CCCc1[nH]c(C(N)=O)c(C)c1C=O.CCCc1c(C=O)c(C)c(C(=O)OCC)n1O.CCCc1c(C=O)c(C)c(C(N)=O)n1N.CCOC(=O)C(N=O)=C(C)O.CCOC(=O)CC(C)=O.NOC(=O)c1ccc([N+](=O)[O-])cc1. The number of esters is 4. The van der Waals surface area contributed by atoms with Gasteiger partial charge in [-0.2, -0.15) is 10.6 Å². The molecular formula is C89H125N13O28. The number of nitroso groups, excluding NO2 is 1. The van der Waals surface area contributed by atoms with Gasteiger partial charge in [0.2, 0.25) is 5.70 Å². The number of primary amides is 3. The molecule has 7 rings (SSSR count). The largest absolute Gasteiger partial charge is 0.510 e. The number of nitrogens with one attached hydrogen (secondary N) is 4. The zero-order valence-corrected chi connectivity index (χ0v) is 77.2. The highest BCUT2D eigenvalue weighted by molar-refractivity contribution is 6.00. The van der Waals surface area contributed by atoms with E-state index in [1.54, 1.807) is 69.2 Å². The van der Waals surface area contributed by atoms with E-state index < -0.39 is 69.9 Å². The van der Waals surface area contributed by atoms with Crippen molar-refractivity contribution in [1.82, 2.24) is 29.3 Å². The van der Waals surface area contributed by atoms with E-state index in [9.17, 15) is 102 Å². The number of ether oxygens (including phenoxy) is 4. The molecule has 0 spiro atoms. The lowest BCUT2D eigenvalue weighted by Gasteiger charge is -2.05. The second kappa shape index (κ2) is 65.0. The number of amides is 3. The minimum atomic E-state index is -1.02. The summed E-state index contributed by atoms with van der Waals surface area (Å²) in [5, 5.41) is 39.9. The predicted molar refractivity (Wildman–Crippen MR) is 481 cm³/mol. The summed E-state index contributed by atoms with van der Waals surface area (Å²) in [6, 6.07) is 4.94. The number of aromatic nitrogens is 6. The number of nitrogen functional groups attached to an aromatic ring is 1. The van der Waals surface area contributed by atoms with E-state index >= 15 is 0 Å². The number of aryl methyl sites for hydroxylation is 4. The summed E-state index contributed by atoms with van der Waals surface area (Å²) in [7, 11) is 0. The molecule has 0 radical (unpaired) electrons. The first-order chi connectivity index (χ1) is 61.5. The van der Waals surface area contributed by atoms with Gasteiger partial charge in [-0.3, -0.25) is 72.3 Å². The third-order valence-corrected chi connectivity index (χ3v) is 17.9. The smallest absolute Gasteiger partial charge is 0.364 e. The Labute approximate surface area is 752 Å². The number of ketones is 1. The van der Waals surface area contributed by atoms with E-state index in [1.807, 2.05) is 47.6 Å². The number of unbranched alkanes of at least 4 members (excludes halogenated alkanes) is 1. The van der Waals surface area contributed by atoms with Crippen molar-refractivity contribution in [2.75, 3.05) is 32.3 Å². The van der Waals surface area contributed by atoms with Crippen LogP contribution in [0.4, 0.5) is 5.69 Å². The first-order valence-electron chi connectivity index (χ1n) is 41.2. The highest BCUT2D eigenvalue weighted by Crippen LogP contribution is 2.26. The van der Waals surface area contributed by atoms with Crippen LogP contribution < -0.4 is 28.9 Å². The molecule has 714 valence electrons. The molecular weight excluding hydrogens is 1700 g/mol. The second-order valence-electron chi connectivity index (χ2n) is 27.5. The number of nitrogens with two attached hydrogens (primary N) is 5. The number of allylic oxidation sites excluding steroid dienone is 3. The topological polar surface area (TPSA) is 673 Å². The molecule has 0 atom stereocenters. The Kier molecular flexibility index (Phi) is 59.7. The van der Waals surface area contributed by atoms with Crippen molar-refractivity contribution in [2.45, 2.75) is 228 Å². The average molecular weight is 1830 g/mol. The molecule has 0 saturated heterocycles. The number of non-ortho nitro benzene ring substituents is 1. The number of aldehydes is 7. The van der Waals surface area contributed by atoms with E-state index in [1.165, 1.54) is 48.9 Å². The van der Waals surface area contributed by atoms with Crippen molar-refractivity contribution in [3.05, 3.63) is 204 Å². The van der Waals surface area contributed by atoms with Crippen LogP contribution in [0.5, 0.6) is 0 Å². The van der Waals surface area contributed by atoms with Crippen LogP contribution in [0.15, 0.2) is 53.1 Å². The van der Waals surface area contributed by atoms with Gasteiger partial charge in [0.25, 0.3) is 23.4 Å². The molecule has 130 heavy (non-hydrogen) atoms. The van der Waals surface area contributed by atoms with Gasteiger partial charge < -0.3 is 82.2 Å². The first kappa shape index (κ1) is 119. The number of Topliss-reactive ketones (excluding diaryl/α,β-unsaturated/α-hetero) is 1. The van der Waals surface area contributed by atoms with Gasteiger partial charge in [-0.15, -0.1) is 4.91 Å². The molecule has 0 fully saturated rings. The van der Waals surface area contributed by atoms with Gasteiger partial charge in [-0.25, -0.2) is 24.0 Å². The Morgan fingerprint density at radius 3 is 1.15 bits per heavy atom. The Hall–Kier alpha value is -14.7. The molecule has 0 saturated carbocycles. The Morgan fingerprint density at radius 1 is 0.469 bits per heavy atom. The normalized spacial score (nSPS) is 10.1. The van der Waals surface area contributed by atoms with Gasteiger partial charge in [0.1, 0.15) is 52.7 Å². The standard InChI is InChI=1S/C12H17NO4.C12H17NO3.C10H15N3O2.2C10H14N2O2.C10H13NO3.C7H6N2O4.C6H9NO4.C6H10O3.C6H10O/c1-4-6-10-9(7-14)8(3)11(13(10)16)12(15)17-5-2;1-4-6-10-9(7-14)8(3)11(13-10)12(15)16-5-2;1-3-4-8-7(5-14)6(2)9(10(11)15)13(8)12;2*1-3-4-8-7(5-13)6(2)9(12-8)10(11)14;1-3-4-8-7(5-12)6(2)9(11-8)10(13)14;8-13-7(10)5-1-3-6(4-2-5)9(11)12;1-3-11-6(9)5(7-10)4(2)8;1-3-9-6(8)4-5(2)7;1-2-3-4-5-6-7/h7,16H,4-6H2,1-3H3;7,13H,4-6H2,1-3H3;5H,3-4,12H2,1-2H3,(H2,11,15);2*5,12H,3-4H2,1-2H3,(H2,11,14);5,11H,3-4H2,1-2H3,(H,13,14);1-4H,8H2;8H,3H2,1-2H3;3-4H2,1-2H3;4-6H,2-3H2,1H3/b;;;;;;;;;5-4+. The monoisotopic (exact) mass is 1820 g/mol. The van der Waals surface area contributed by atoms with Crippen LogP contribution in [0.2, 0.25) is 0 Å². The third-order valence-electron chi connectivity index (χ3n) is 17.9. The van der Waals surface area contributed by atoms with Gasteiger partial charge in [0, 0.05) is 68.3 Å². The van der Waals surface area contributed by atoms with Crippen LogP contribution in [0.25, 0.3) is 0 Å². The number of benzene rings is 1. The number of hydrogen-bond donors (Lipinski definition) is 12. The van der Waals surface area contributed by atoms with Crippen LogP contribution >= 0.6 is 0 Å². The number of aromatic amines is 4. The summed E-state index contributed by atoms with van der Waals surface area (Å²) < 4.78 is 20.7. The minimum absolute atomic E-state index is 0.0393. The van der Waals surface area contributed by atoms with Gasteiger partial charge in [0.15, 0.2) is 43.4 Å². The molecule has 0 aliphatic heterocycles. The number of carbonyl (C=O) groups excluding carboxylic acids is 16. The minimum Gasteiger partial charge on any atom is -0.510 e. The molecule has 41 heteroatoms. The maximum absolute atomic E-state index is 11.7. The lowest BCUT2D eigenvalue weighted by molar-refractivity contribution is -0.384. The van der Waals surface area contributed by atoms with Gasteiger partial charge in [0.05, 0.1) is 48.3 Å². The number of aliphatic hydroxyl groups excluding tert-OH is 1. The molecule has 6 heterocycles. The third kappa shape index (κ3) is 38.3. The number of nitrogens with zero attached hydrogens (tertiary/aromatic N) is 4. The molecule has 6 aromatic heterocycles. The summed E-state index contributed by atoms with van der Waals surface area (Å²) in [6.45, 7) is 34.5. The number of nitro groups is 1. The van der Waals surface area contributed by atoms with E-state index in [-0.39, 0.29) is 53.8 Å². The maximum Gasteiger partial charge on any atom is 0.364 e. The molecule has 41 nitrogen and oxygen atoms in total. The Bertz CT molecular complexity index is 4870. The fourth-order valence-electron chi connectivity index (χ4n) is 11.8. The van der Waals surface area contributed by atoms with Crippen LogP contribution in [0, 0.1) is 56.6 Å². The van der Waals surface area contributed by atoms with Crippen LogP contribution in [0.1, 0.15) is 351 Å². The highest BCUT2D eigenvalue weighted by Gasteiger charge is 2.27. The number of hydrogen-bond acceptors (Lipinski definition) is 30. The van der Waals surface area contributed by atoms with Gasteiger partial charge in [-0.1, -0.05) is 99.5 Å². The molecule has 3 amide bonds.